The van der Waals surface area contributed by atoms with Crippen LogP contribution in [0, 0.1) is 10.1 Å². The molecule has 0 fully saturated rings. The van der Waals surface area contributed by atoms with E-state index in [1.165, 1.54) is 0 Å². The minimum absolute atomic E-state index is 0.0434. The van der Waals surface area contributed by atoms with Crippen LogP contribution in [0.5, 0.6) is 0 Å². The van der Waals surface area contributed by atoms with Gasteiger partial charge in [-0.2, -0.15) is 5.10 Å². The van der Waals surface area contributed by atoms with Crippen molar-refractivity contribution < 1.29 is 13.7 Å². The summed E-state index contributed by atoms with van der Waals surface area (Å²) >= 11 is 2.79. The summed E-state index contributed by atoms with van der Waals surface area (Å²) in [6.07, 6.45) is -1.62. The van der Waals surface area contributed by atoms with Gasteiger partial charge in [-0.05, 0) is 15.9 Å². The number of nitrogens with zero attached hydrogens (tertiary/aromatic N) is 3. The zero-order valence-corrected chi connectivity index (χ0v) is 7.74. The normalized spacial score (nSPS) is 10.8. The van der Waals surface area contributed by atoms with E-state index in [-0.39, 0.29) is 10.3 Å². The molecule has 0 aromatic carbocycles. The zero-order chi connectivity index (χ0) is 10.0. The van der Waals surface area contributed by atoms with Crippen LogP contribution in [0.15, 0.2) is 10.8 Å². The minimum Gasteiger partial charge on any atom is -0.259 e. The molecule has 13 heavy (non-hydrogen) atoms. The lowest BCUT2D eigenvalue weighted by Crippen LogP contribution is -2.06. The van der Waals surface area contributed by atoms with Gasteiger partial charge in [0.15, 0.2) is 0 Å². The van der Waals surface area contributed by atoms with E-state index < -0.39 is 17.9 Å². The molecule has 0 aliphatic rings. The SMILES string of the molecule is O=[N+]([O-])c1cn(CC(F)F)nc1Br. The molecule has 0 spiro atoms. The molecular formula is C5H4BrF2N3O2. The Balaban J connectivity index is 2.89. The Kier molecular flexibility index (Phi) is 2.91. The van der Waals surface area contributed by atoms with Crippen molar-refractivity contribution in [2.24, 2.45) is 0 Å². The molecule has 1 heterocycles. The summed E-state index contributed by atoms with van der Waals surface area (Å²) in [5, 5.41) is 13.7. The van der Waals surface area contributed by atoms with E-state index in [9.17, 15) is 18.9 Å². The van der Waals surface area contributed by atoms with Gasteiger partial charge in [0.05, 0.1) is 4.92 Å². The summed E-state index contributed by atoms with van der Waals surface area (Å²) in [5.41, 5.74) is -0.319. The molecule has 1 rings (SSSR count). The molecule has 0 unspecified atom stereocenters. The Morgan fingerprint density at radius 1 is 1.77 bits per heavy atom. The Hall–Kier alpha value is -1.05. The third kappa shape index (κ3) is 2.44. The maximum absolute atomic E-state index is 11.8. The van der Waals surface area contributed by atoms with Crippen molar-refractivity contribution in [1.82, 2.24) is 9.78 Å². The maximum Gasteiger partial charge on any atom is 0.321 e. The lowest BCUT2D eigenvalue weighted by Gasteiger charge is -1.96. The van der Waals surface area contributed by atoms with Gasteiger partial charge in [-0.25, -0.2) is 8.78 Å². The summed E-state index contributed by atoms with van der Waals surface area (Å²) in [7, 11) is 0. The molecule has 0 atom stereocenters. The average Bonchev–Trinajstić information content (AvgIpc) is 2.29. The highest BCUT2D eigenvalue weighted by atomic mass is 79.9. The summed E-state index contributed by atoms with van der Waals surface area (Å²) in [6, 6.07) is 0. The standard InChI is InChI=1S/C5H4BrF2N3O2/c6-5-3(11(12)13)1-10(9-5)2-4(7)8/h1,4H,2H2. The fourth-order valence-corrected chi connectivity index (χ4v) is 1.20. The highest BCUT2D eigenvalue weighted by Crippen LogP contribution is 2.22. The van der Waals surface area contributed by atoms with Crippen molar-refractivity contribution in [3.05, 3.63) is 20.9 Å². The fraction of sp³-hybridized carbons (Fsp3) is 0.400. The van der Waals surface area contributed by atoms with Crippen molar-refractivity contribution in [2.75, 3.05) is 0 Å². The molecule has 0 saturated heterocycles. The highest BCUT2D eigenvalue weighted by Gasteiger charge is 2.18. The van der Waals surface area contributed by atoms with Gasteiger partial charge in [-0.3, -0.25) is 14.8 Å². The summed E-state index contributed by atoms with van der Waals surface area (Å²) in [6.45, 7) is -0.646. The number of nitro groups is 1. The van der Waals surface area contributed by atoms with Crippen molar-refractivity contribution in [3.63, 3.8) is 0 Å². The number of hydrogen-bond acceptors (Lipinski definition) is 3. The van der Waals surface area contributed by atoms with Gasteiger partial charge >= 0.3 is 5.69 Å². The van der Waals surface area contributed by atoms with Crippen molar-refractivity contribution >= 4 is 21.6 Å². The van der Waals surface area contributed by atoms with E-state index in [1.54, 1.807) is 0 Å². The van der Waals surface area contributed by atoms with E-state index in [0.29, 0.717) is 0 Å². The molecule has 0 bridgehead atoms. The average molecular weight is 256 g/mol. The monoisotopic (exact) mass is 255 g/mol. The predicted octanol–water partition coefficient (Wildman–Crippen LogP) is 1.82. The molecule has 0 aliphatic heterocycles. The number of hydrogen-bond donors (Lipinski definition) is 0. The number of alkyl halides is 2. The molecule has 1 aromatic rings. The van der Waals surface area contributed by atoms with Gasteiger partial charge in [0.2, 0.25) is 4.60 Å². The first-order chi connectivity index (χ1) is 6.00. The quantitative estimate of drug-likeness (QED) is 0.612. The van der Waals surface area contributed by atoms with Crippen LogP contribution in [-0.4, -0.2) is 21.1 Å². The molecule has 0 amide bonds. The molecule has 0 aliphatic carbocycles. The van der Waals surface area contributed by atoms with E-state index in [4.69, 9.17) is 0 Å². The molecule has 5 nitrogen and oxygen atoms in total. The second-order valence-corrected chi connectivity index (χ2v) is 2.93. The van der Waals surface area contributed by atoms with Crippen molar-refractivity contribution in [1.29, 1.82) is 0 Å². The van der Waals surface area contributed by atoms with Gasteiger partial charge in [-0.15, -0.1) is 0 Å². The van der Waals surface area contributed by atoms with Crippen molar-refractivity contribution in [2.45, 2.75) is 13.0 Å². The molecule has 0 N–H and O–H groups in total. The second-order valence-electron chi connectivity index (χ2n) is 2.18. The van der Waals surface area contributed by atoms with Crippen LogP contribution in [0.3, 0.4) is 0 Å². The third-order valence-corrected chi connectivity index (χ3v) is 1.79. The summed E-state index contributed by atoms with van der Waals surface area (Å²) in [4.78, 5) is 9.56. The molecule has 72 valence electrons. The van der Waals surface area contributed by atoms with Gasteiger partial charge < -0.3 is 0 Å². The maximum atomic E-state index is 11.8. The predicted molar refractivity (Wildman–Crippen MR) is 42.6 cm³/mol. The van der Waals surface area contributed by atoms with E-state index in [0.717, 1.165) is 10.9 Å². The largest absolute Gasteiger partial charge is 0.321 e. The lowest BCUT2D eigenvalue weighted by atomic mass is 10.6. The zero-order valence-electron chi connectivity index (χ0n) is 6.15. The Labute approximate surface area is 79.6 Å². The third-order valence-electron chi connectivity index (χ3n) is 1.22. The molecule has 0 radical (unpaired) electrons. The summed E-state index contributed by atoms with van der Waals surface area (Å²) < 4.78 is 24.4. The van der Waals surface area contributed by atoms with Gasteiger partial charge in [0, 0.05) is 0 Å². The highest BCUT2D eigenvalue weighted by molar-refractivity contribution is 9.10. The smallest absolute Gasteiger partial charge is 0.259 e. The van der Waals surface area contributed by atoms with Crippen LogP contribution in [0.25, 0.3) is 0 Å². The van der Waals surface area contributed by atoms with Crippen LogP contribution >= 0.6 is 15.9 Å². The van der Waals surface area contributed by atoms with Crippen LogP contribution < -0.4 is 0 Å². The van der Waals surface area contributed by atoms with E-state index >= 15 is 0 Å². The number of rotatable bonds is 3. The van der Waals surface area contributed by atoms with Gasteiger partial charge in [0.25, 0.3) is 6.43 Å². The van der Waals surface area contributed by atoms with Gasteiger partial charge in [0.1, 0.15) is 12.7 Å². The van der Waals surface area contributed by atoms with Crippen LogP contribution in [0.2, 0.25) is 0 Å². The lowest BCUT2D eigenvalue weighted by molar-refractivity contribution is -0.385. The minimum atomic E-state index is -2.58. The summed E-state index contributed by atoms with van der Waals surface area (Å²) in [5.74, 6) is 0. The molecule has 1 aromatic heterocycles. The van der Waals surface area contributed by atoms with Crippen LogP contribution in [0.4, 0.5) is 14.5 Å². The molecule has 0 saturated carbocycles. The number of aromatic nitrogens is 2. The number of halogens is 3. The van der Waals surface area contributed by atoms with Crippen LogP contribution in [-0.2, 0) is 6.54 Å². The van der Waals surface area contributed by atoms with E-state index in [2.05, 4.69) is 21.0 Å². The van der Waals surface area contributed by atoms with Gasteiger partial charge in [-0.1, -0.05) is 0 Å². The second kappa shape index (κ2) is 3.77. The first-order valence-corrected chi connectivity index (χ1v) is 3.95. The first kappa shape index (κ1) is 10.0. The Morgan fingerprint density at radius 3 is 2.77 bits per heavy atom. The first-order valence-electron chi connectivity index (χ1n) is 3.16. The topological polar surface area (TPSA) is 61.0 Å². The Bertz CT molecular complexity index is 328. The molecule has 8 heteroatoms. The van der Waals surface area contributed by atoms with Crippen molar-refractivity contribution in [3.8, 4) is 0 Å². The van der Waals surface area contributed by atoms with E-state index in [1.807, 2.05) is 0 Å². The Morgan fingerprint density at radius 2 is 2.38 bits per heavy atom. The molecular weight excluding hydrogens is 252 g/mol. The van der Waals surface area contributed by atoms with Crippen LogP contribution in [0.1, 0.15) is 0 Å². The fourth-order valence-electron chi connectivity index (χ4n) is 0.745.